The molecule has 0 heterocycles. The van der Waals surface area contributed by atoms with Crippen LogP contribution in [0.4, 0.5) is 5.69 Å². The van der Waals surface area contributed by atoms with E-state index in [9.17, 15) is 0 Å². The number of hydrogen-bond donors (Lipinski definition) is 1. The van der Waals surface area contributed by atoms with E-state index in [1.807, 2.05) is 11.8 Å². The van der Waals surface area contributed by atoms with Crippen molar-refractivity contribution < 1.29 is 0 Å². The molecule has 0 unspecified atom stereocenters. The van der Waals surface area contributed by atoms with Gasteiger partial charge in [0.2, 0.25) is 0 Å². The quantitative estimate of drug-likeness (QED) is 0.625. The molecule has 18 heavy (non-hydrogen) atoms. The van der Waals surface area contributed by atoms with Crippen molar-refractivity contribution >= 4 is 17.4 Å². The van der Waals surface area contributed by atoms with E-state index in [-0.39, 0.29) is 0 Å². The average molecular weight is 257 g/mol. The Morgan fingerprint density at radius 1 is 1.00 bits per heavy atom. The third-order valence-electron chi connectivity index (χ3n) is 2.82. The normalized spacial score (nSPS) is 10.3. The van der Waals surface area contributed by atoms with Gasteiger partial charge in [-0.25, -0.2) is 0 Å². The summed E-state index contributed by atoms with van der Waals surface area (Å²) in [5.41, 5.74) is 3.87. The van der Waals surface area contributed by atoms with E-state index in [0.717, 1.165) is 12.3 Å². The van der Waals surface area contributed by atoms with E-state index in [4.69, 9.17) is 0 Å². The highest BCUT2D eigenvalue weighted by Crippen LogP contribution is 2.19. The third kappa shape index (κ3) is 3.81. The summed E-state index contributed by atoms with van der Waals surface area (Å²) in [6.45, 7) is 5.26. The van der Waals surface area contributed by atoms with Crippen LogP contribution in [0.1, 0.15) is 11.1 Å². The van der Waals surface area contributed by atoms with Gasteiger partial charge in [-0.3, -0.25) is 0 Å². The van der Waals surface area contributed by atoms with Gasteiger partial charge in [0.15, 0.2) is 0 Å². The van der Waals surface area contributed by atoms with Crippen molar-refractivity contribution in [2.45, 2.75) is 18.7 Å². The van der Waals surface area contributed by atoms with Crippen LogP contribution in [0, 0.1) is 13.8 Å². The SMILES string of the molecule is Cc1cccc(SCCNc2ccccc2C)c1. The fourth-order valence-electron chi connectivity index (χ4n) is 1.83. The maximum absolute atomic E-state index is 3.48. The van der Waals surface area contributed by atoms with Gasteiger partial charge >= 0.3 is 0 Å². The lowest BCUT2D eigenvalue weighted by Gasteiger charge is -2.09. The summed E-state index contributed by atoms with van der Waals surface area (Å²) in [5.74, 6) is 1.08. The number of aryl methyl sites for hydroxylation is 2. The average Bonchev–Trinajstić information content (AvgIpc) is 2.37. The van der Waals surface area contributed by atoms with Gasteiger partial charge in [-0.2, -0.15) is 0 Å². The molecule has 1 nitrogen and oxygen atoms in total. The molecule has 2 heteroatoms. The zero-order chi connectivity index (χ0) is 12.8. The summed E-state index contributed by atoms with van der Waals surface area (Å²) in [4.78, 5) is 1.35. The molecular weight excluding hydrogens is 238 g/mol. The van der Waals surface area contributed by atoms with Crippen LogP contribution in [0.2, 0.25) is 0 Å². The summed E-state index contributed by atoms with van der Waals surface area (Å²) in [7, 11) is 0. The van der Waals surface area contributed by atoms with Crippen LogP contribution in [0.25, 0.3) is 0 Å². The van der Waals surface area contributed by atoms with Crippen LogP contribution in [-0.4, -0.2) is 12.3 Å². The molecule has 2 rings (SSSR count). The zero-order valence-electron chi connectivity index (χ0n) is 10.9. The highest BCUT2D eigenvalue weighted by Gasteiger charge is 1.97. The Morgan fingerprint density at radius 2 is 1.83 bits per heavy atom. The third-order valence-corrected chi connectivity index (χ3v) is 3.82. The second-order valence-corrected chi connectivity index (χ2v) is 5.57. The van der Waals surface area contributed by atoms with Gasteiger partial charge in [0.05, 0.1) is 0 Å². The number of hydrogen-bond acceptors (Lipinski definition) is 2. The minimum atomic E-state index is 0.990. The maximum Gasteiger partial charge on any atom is 0.0370 e. The number of benzene rings is 2. The summed E-state index contributed by atoms with van der Waals surface area (Å²) < 4.78 is 0. The molecule has 1 N–H and O–H groups in total. The molecule has 0 aromatic heterocycles. The second kappa shape index (κ2) is 6.50. The molecule has 94 valence electrons. The van der Waals surface area contributed by atoms with Gasteiger partial charge < -0.3 is 5.32 Å². The van der Waals surface area contributed by atoms with Crippen LogP contribution in [0.5, 0.6) is 0 Å². The number of para-hydroxylation sites is 1. The number of rotatable bonds is 5. The lowest BCUT2D eigenvalue weighted by molar-refractivity contribution is 1.21. The summed E-state index contributed by atoms with van der Waals surface area (Å²) >= 11 is 1.90. The lowest BCUT2D eigenvalue weighted by atomic mass is 10.2. The van der Waals surface area contributed by atoms with E-state index in [2.05, 4.69) is 67.7 Å². The largest absolute Gasteiger partial charge is 0.384 e. The van der Waals surface area contributed by atoms with Gasteiger partial charge in [0.1, 0.15) is 0 Å². The monoisotopic (exact) mass is 257 g/mol. The van der Waals surface area contributed by atoms with E-state index < -0.39 is 0 Å². The van der Waals surface area contributed by atoms with Crippen molar-refractivity contribution in [3.8, 4) is 0 Å². The number of nitrogens with one attached hydrogen (secondary N) is 1. The first-order chi connectivity index (χ1) is 8.75. The first-order valence-corrected chi connectivity index (χ1v) is 7.23. The van der Waals surface area contributed by atoms with E-state index in [0.29, 0.717) is 0 Å². The minimum absolute atomic E-state index is 0.990. The Labute approximate surface area is 114 Å². The van der Waals surface area contributed by atoms with Crippen molar-refractivity contribution in [3.63, 3.8) is 0 Å². The predicted octanol–water partition coefficient (Wildman–Crippen LogP) is 4.51. The van der Waals surface area contributed by atoms with E-state index in [1.165, 1.54) is 21.7 Å². The smallest absolute Gasteiger partial charge is 0.0370 e. The van der Waals surface area contributed by atoms with Crippen molar-refractivity contribution in [2.24, 2.45) is 0 Å². The topological polar surface area (TPSA) is 12.0 Å². The Hall–Kier alpha value is -1.41. The van der Waals surface area contributed by atoms with E-state index in [1.54, 1.807) is 0 Å². The highest BCUT2D eigenvalue weighted by atomic mass is 32.2. The predicted molar refractivity (Wildman–Crippen MR) is 81.6 cm³/mol. The Bertz CT molecular complexity index is 508. The van der Waals surface area contributed by atoms with Crippen molar-refractivity contribution in [3.05, 3.63) is 59.7 Å². The number of thioether (sulfide) groups is 1. The Kier molecular flexibility index (Phi) is 4.71. The molecule has 0 aliphatic carbocycles. The van der Waals surface area contributed by atoms with Gasteiger partial charge in [-0.1, -0.05) is 35.9 Å². The molecular formula is C16H19NS. The molecule has 0 saturated carbocycles. The molecule has 0 saturated heterocycles. The fourth-order valence-corrected chi connectivity index (χ4v) is 2.71. The van der Waals surface area contributed by atoms with Crippen LogP contribution in [0.3, 0.4) is 0 Å². The van der Waals surface area contributed by atoms with Gasteiger partial charge in [-0.15, -0.1) is 11.8 Å². The van der Waals surface area contributed by atoms with Crippen LogP contribution in [0.15, 0.2) is 53.4 Å². The van der Waals surface area contributed by atoms with Crippen molar-refractivity contribution in [2.75, 3.05) is 17.6 Å². The Morgan fingerprint density at radius 3 is 2.61 bits per heavy atom. The molecule has 0 bridgehead atoms. The van der Waals surface area contributed by atoms with Crippen molar-refractivity contribution in [1.29, 1.82) is 0 Å². The maximum atomic E-state index is 3.48. The van der Waals surface area contributed by atoms with Gasteiger partial charge in [0.25, 0.3) is 0 Å². The van der Waals surface area contributed by atoms with Crippen LogP contribution in [-0.2, 0) is 0 Å². The molecule has 0 radical (unpaired) electrons. The van der Waals surface area contributed by atoms with Gasteiger partial charge in [-0.05, 0) is 37.6 Å². The first kappa shape index (κ1) is 13.0. The first-order valence-electron chi connectivity index (χ1n) is 6.25. The lowest BCUT2D eigenvalue weighted by Crippen LogP contribution is -2.04. The molecule has 0 aliphatic heterocycles. The minimum Gasteiger partial charge on any atom is -0.384 e. The van der Waals surface area contributed by atoms with Crippen LogP contribution < -0.4 is 5.32 Å². The van der Waals surface area contributed by atoms with Crippen molar-refractivity contribution in [1.82, 2.24) is 0 Å². The molecule has 0 spiro atoms. The van der Waals surface area contributed by atoms with Gasteiger partial charge in [0, 0.05) is 22.9 Å². The standard InChI is InChI=1S/C16H19NS/c1-13-6-5-8-15(12-13)18-11-10-17-16-9-4-3-7-14(16)2/h3-9,12,17H,10-11H2,1-2H3. The number of anilines is 1. The zero-order valence-corrected chi connectivity index (χ0v) is 11.8. The van der Waals surface area contributed by atoms with E-state index >= 15 is 0 Å². The highest BCUT2D eigenvalue weighted by molar-refractivity contribution is 7.99. The second-order valence-electron chi connectivity index (χ2n) is 4.41. The molecule has 0 aliphatic rings. The molecule has 0 fully saturated rings. The fraction of sp³-hybridized carbons (Fsp3) is 0.250. The summed E-state index contributed by atoms with van der Waals surface area (Å²) in [6.07, 6.45) is 0. The summed E-state index contributed by atoms with van der Waals surface area (Å²) in [5, 5.41) is 3.48. The summed E-state index contributed by atoms with van der Waals surface area (Å²) in [6, 6.07) is 17.1. The van der Waals surface area contributed by atoms with Crippen LogP contribution >= 0.6 is 11.8 Å². The Balaban J connectivity index is 1.78. The molecule has 0 atom stereocenters. The molecule has 0 amide bonds. The molecule has 2 aromatic carbocycles. The molecule has 2 aromatic rings.